The van der Waals surface area contributed by atoms with Gasteiger partial charge in [-0.1, -0.05) is 23.2 Å². The van der Waals surface area contributed by atoms with Crippen molar-refractivity contribution in [2.24, 2.45) is 0 Å². The third kappa shape index (κ3) is 6.35. The summed E-state index contributed by atoms with van der Waals surface area (Å²) in [5.74, 6) is -0.552. The number of rotatable bonds is 8. The first kappa shape index (κ1) is 20.9. The Morgan fingerprint density at radius 3 is 2.41 bits per heavy atom. The van der Waals surface area contributed by atoms with Crippen LogP contribution in [0.25, 0.3) is 0 Å². The molecule has 0 fully saturated rings. The van der Waals surface area contributed by atoms with Gasteiger partial charge in [-0.3, -0.25) is 4.79 Å². The first-order chi connectivity index (χ1) is 12.8. The Balaban J connectivity index is 2.16. The van der Waals surface area contributed by atoms with E-state index in [1.165, 1.54) is 0 Å². The number of aliphatic carboxylic acids is 1. The number of nitrogens with zero attached hydrogens (tertiary/aromatic N) is 1. The summed E-state index contributed by atoms with van der Waals surface area (Å²) < 4.78 is 5.78. The van der Waals surface area contributed by atoms with E-state index in [0.717, 1.165) is 16.8 Å². The van der Waals surface area contributed by atoms with Crippen LogP contribution >= 0.6 is 23.2 Å². The minimum atomic E-state index is -0.884. The highest BCUT2D eigenvalue weighted by molar-refractivity contribution is 6.37. The fourth-order valence-electron chi connectivity index (χ4n) is 2.56. The van der Waals surface area contributed by atoms with E-state index >= 15 is 0 Å². The summed E-state index contributed by atoms with van der Waals surface area (Å²) in [4.78, 5) is 10.7. The number of halogens is 2. The molecule has 0 saturated carbocycles. The van der Waals surface area contributed by atoms with Crippen molar-refractivity contribution in [2.75, 3.05) is 5.32 Å². The quantitative estimate of drug-likeness (QED) is 0.622. The van der Waals surface area contributed by atoms with Crippen LogP contribution in [0.5, 0.6) is 5.75 Å². The van der Waals surface area contributed by atoms with Crippen molar-refractivity contribution in [2.45, 2.75) is 39.3 Å². The fraction of sp³-hybridized carbons (Fsp3) is 0.300. The maximum absolute atomic E-state index is 10.7. The van der Waals surface area contributed by atoms with Crippen molar-refractivity contribution in [1.82, 2.24) is 0 Å². The van der Waals surface area contributed by atoms with Crippen molar-refractivity contribution >= 4 is 34.9 Å². The third-order valence-electron chi connectivity index (χ3n) is 3.65. The van der Waals surface area contributed by atoms with Crippen LogP contribution in [-0.2, 0) is 17.8 Å². The number of carboxylic acids is 1. The number of benzene rings is 2. The second-order valence-electron chi connectivity index (χ2n) is 6.40. The molecule has 0 bridgehead atoms. The highest BCUT2D eigenvalue weighted by atomic mass is 35.5. The third-order valence-corrected chi connectivity index (χ3v) is 4.21. The average molecular weight is 407 g/mol. The lowest BCUT2D eigenvalue weighted by atomic mass is 10.1. The number of carboxylic acid groups (broad SMARTS) is 1. The summed E-state index contributed by atoms with van der Waals surface area (Å²) in [7, 11) is 0. The average Bonchev–Trinajstić information content (AvgIpc) is 2.58. The Morgan fingerprint density at radius 2 is 1.85 bits per heavy atom. The number of anilines is 1. The molecule has 7 heteroatoms. The molecule has 0 aliphatic carbocycles. The minimum absolute atomic E-state index is 0.000554. The van der Waals surface area contributed by atoms with Crippen LogP contribution < -0.4 is 10.1 Å². The minimum Gasteiger partial charge on any atom is -0.486 e. The van der Waals surface area contributed by atoms with Gasteiger partial charge in [-0.25, -0.2) is 0 Å². The van der Waals surface area contributed by atoms with Gasteiger partial charge in [0.2, 0.25) is 0 Å². The molecule has 0 unspecified atom stereocenters. The van der Waals surface area contributed by atoms with Gasteiger partial charge in [-0.2, -0.15) is 5.26 Å². The summed E-state index contributed by atoms with van der Waals surface area (Å²) in [6.45, 7) is 4.22. The Labute approximate surface area is 168 Å². The summed E-state index contributed by atoms with van der Waals surface area (Å²) in [5, 5.41) is 21.9. The summed E-state index contributed by atoms with van der Waals surface area (Å²) in [5.41, 5.74) is 2.90. The monoisotopic (exact) mass is 406 g/mol. The van der Waals surface area contributed by atoms with Crippen molar-refractivity contribution in [3.63, 3.8) is 0 Å². The zero-order valence-electron chi connectivity index (χ0n) is 15.1. The molecule has 0 atom stereocenters. The molecule has 5 nitrogen and oxygen atoms in total. The Hall–Kier alpha value is -2.42. The standard InChI is InChI=1S/C20H20Cl2N2O3/c1-12(2)24-16-6-14(10-23)5-15(7-16)11-27-20-17(21)8-13(9-18(20)22)3-4-19(25)26/h5-9,12,24H,3-4,11H2,1-2H3,(H,25,26). The lowest BCUT2D eigenvalue weighted by molar-refractivity contribution is -0.136. The summed E-state index contributed by atoms with van der Waals surface area (Å²) in [6, 6.07) is 11.1. The molecule has 0 radical (unpaired) electrons. The largest absolute Gasteiger partial charge is 0.486 e. The Kier molecular flexibility index (Phi) is 7.35. The van der Waals surface area contributed by atoms with E-state index in [2.05, 4.69) is 11.4 Å². The van der Waals surface area contributed by atoms with Gasteiger partial charge in [0.05, 0.1) is 21.7 Å². The van der Waals surface area contributed by atoms with Crippen LogP contribution in [0.1, 0.15) is 37.0 Å². The van der Waals surface area contributed by atoms with Crippen LogP contribution in [0.2, 0.25) is 10.0 Å². The van der Waals surface area contributed by atoms with E-state index in [-0.39, 0.29) is 19.1 Å². The van der Waals surface area contributed by atoms with Gasteiger partial charge in [0.1, 0.15) is 6.61 Å². The maximum atomic E-state index is 10.7. The molecule has 0 aliphatic rings. The van der Waals surface area contributed by atoms with E-state index in [1.54, 1.807) is 24.3 Å². The number of hydrogen-bond donors (Lipinski definition) is 2. The van der Waals surface area contributed by atoms with Crippen molar-refractivity contribution in [3.05, 3.63) is 57.1 Å². The molecule has 27 heavy (non-hydrogen) atoms. The van der Waals surface area contributed by atoms with Crippen molar-refractivity contribution in [1.29, 1.82) is 5.26 Å². The molecule has 0 amide bonds. The van der Waals surface area contributed by atoms with E-state index in [9.17, 15) is 10.1 Å². The highest BCUT2D eigenvalue weighted by Crippen LogP contribution is 2.35. The van der Waals surface area contributed by atoms with Gasteiger partial charge in [0, 0.05) is 18.2 Å². The number of ether oxygens (including phenoxy) is 1. The Morgan fingerprint density at radius 1 is 1.19 bits per heavy atom. The number of hydrogen-bond acceptors (Lipinski definition) is 4. The SMILES string of the molecule is CC(C)Nc1cc(C#N)cc(COc2c(Cl)cc(CCC(=O)O)cc2Cl)c1. The number of nitrogens with one attached hydrogen (secondary N) is 1. The number of aryl methyl sites for hydroxylation is 1. The molecule has 2 rings (SSSR count). The van der Waals surface area contributed by atoms with Crippen molar-refractivity contribution < 1.29 is 14.6 Å². The molecule has 2 N–H and O–H groups in total. The fourth-order valence-corrected chi connectivity index (χ4v) is 3.20. The molecule has 0 saturated heterocycles. The molecule has 142 valence electrons. The molecule has 2 aromatic carbocycles. The molecular formula is C20H20Cl2N2O3. The first-order valence-corrected chi connectivity index (χ1v) is 9.17. The molecule has 0 aliphatic heterocycles. The van der Waals surface area contributed by atoms with Gasteiger partial charge in [-0.15, -0.1) is 0 Å². The predicted octanol–water partition coefficient (Wildman–Crippen LogP) is 5.28. The summed E-state index contributed by atoms with van der Waals surface area (Å²) in [6.07, 6.45) is 0.336. The zero-order chi connectivity index (χ0) is 20.0. The van der Waals surface area contributed by atoms with Crippen LogP contribution in [0.3, 0.4) is 0 Å². The predicted molar refractivity (Wildman–Crippen MR) is 107 cm³/mol. The van der Waals surface area contributed by atoms with Gasteiger partial charge in [-0.05, 0) is 61.7 Å². The molecule has 0 heterocycles. The molecule has 0 aromatic heterocycles. The topological polar surface area (TPSA) is 82.3 Å². The van der Waals surface area contributed by atoms with Gasteiger partial charge in [0.15, 0.2) is 5.75 Å². The zero-order valence-corrected chi connectivity index (χ0v) is 16.6. The molecule has 0 spiro atoms. The molecular weight excluding hydrogens is 387 g/mol. The van der Waals surface area contributed by atoms with Crippen molar-refractivity contribution in [3.8, 4) is 11.8 Å². The second kappa shape index (κ2) is 9.50. The Bertz CT molecular complexity index is 853. The maximum Gasteiger partial charge on any atom is 0.303 e. The van der Waals surface area contributed by atoms with Gasteiger partial charge >= 0.3 is 5.97 Å². The lowest BCUT2D eigenvalue weighted by Crippen LogP contribution is -2.10. The summed E-state index contributed by atoms with van der Waals surface area (Å²) >= 11 is 12.5. The van der Waals surface area contributed by atoms with Gasteiger partial charge < -0.3 is 15.2 Å². The van der Waals surface area contributed by atoms with Crippen LogP contribution in [0.4, 0.5) is 5.69 Å². The molecule has 2 aromatic rings. The highest BCUT2D eigenvalue weighted by Gasteiger charge is 2.12. The first-order valence-electron chi connectivity index (χ1n) is 8.41. The normalized spacial score (nSPS) is 10.5. The van der Waals surface area contributed by atoms with E-state index in [4.69, 9.17) is 33.0 Å². The van der Waals surface area contributed by atoms with Crippen LogP contribution in [0, 0.1) is 11.3 Å². The number of carbonyl (C=O) groups is 1. The van der Waals surface area contributed by atoms with Gasteiger partial charge in [0.25, 0.3) is 0 Å². The van der Waals surface area contributed by atoms with Crippen LogP contribution in [0.15, 0.2) is 30.3 Å². The lowest BCUT2D eigenvalue weighted by Gasteiger charge is -2.14. The second-order valence-corrected chi connectivity index (χ2v) is 7.21. The van der Waals surface area contributed by atoms with E-state index < -0.39 is 5.97 Å². The van der Waals surface area contributed by atoms with Crippen LogP contribution in [-0.4, -0.2) is 17.1 Å². The number of nitriles is 1. The van der Waals surface area contributed by atoms with E-state index in [1.807, 2.05) is 19.9 Å². The smallest absolute Gasteiger partial charge is 0.303 e. The van der Waals surface area contributed by atoms with E-state index in [0.29, 0.717) is 27.8 Å².